The zero-order valence-corrected chi connectivity index (χ0v) is 11.0. The molecule has 21 heavy (non-hydrogen) atoms. The maximum absolute atomic E-state index is 12.9. The number of hydrogen-bond donors (Lipinski definition) is 2. The van der Waals surface area contributed by atoms with Crippen molar-refractivity contribution >= 4 is 5.69 Å². The zero-order valence-electron chi connectivity index (χ0n) is 11.0. The van der Waals surface area contributed by atoms with E-state index in [1.807, 2.05) is 0 Å². The van der Waals surface area contributed by atoms with E-state index in [4.69, 9.17) is 15.6 Å². The van der Waals surface area contributed by atoms with Crippen molar-refractivity contribution in [3.05, 3.63) is 48.0 Å². The molecule has 3 N–H and O–H groups in total. The molecule has 0 heterocycles. The summed E-state index contributed by atoms with van der Waals surface area (Å²) in [6.45, 7) is -0.346. The number of nitrogens with two attached hydrogens (primary N) is 1. The maximum atomic E-state index is 12.9. The molecule has 2 rings (SSSR count). The Balaban J connectivity index is 2.49. The summed E-state index contributed by atoms with van der Waals surface area (Å²) >= 11 is 0. The van der Waals surface area contributed by atoms with Crippen molar-refractivity contribution in [2.45, 2.75) is 6.18 Å². The quantitative estimate of drug-likeness (QED) is 0.851. The monoisotopic (exact) mass is 297 g/mol. The topological polar surface area (TPSA) is 55.5 Å². The van der Waals surface area contributed by atoms with Crippen LogP contribution in [0.1, 0.15) is 5.56 Å². The van der Waals surface area contributed by atoms with Gasteiger partial charge in [0.1, 0.15) is 12.4 Å². The normalized spacial score (nSPS) is 11.4. The van der Waals surface area contributed by atoms with Gasteiger partial charge in [-0.3, -0.25) is 0 Å². The Labute approximate surface area is 119 Å². The smallest absolute Gasteiger partial charge is 0.416 e. The first-order valence-electron chi connectivity index (χ1n) is 6.22. The number of hydrogen-bond acceptors (Lipinski definition) is 3. The van der Waals surface area contributed by atoms with Crippen LogP contribution in [0.25, 0.3) is 11.1 Å². The molecule has 0 radical (unpaired) electrons. The first-order chi connectivity index (χ1) is 9.90. The molecule has 0 atom stereocenters. The van der Waals surface area contributed by atoms with Gasteiger partial charge in [0.2, 0.25) is 0 Å². The van der Waals surface area contributed by atoms with Gasteiger partial charge in [0.15, 0.2) is 0 Å². The van der Waals surface area contributed by atoms with Crippen LogP contribution in [0.3, 0.4) is 0 Å². The lowest BCUT2D eigenvalue weighted by molar-refractivity contribution is -0.137. The number of rotatable bonds is 4. The highest BCUT2D eigenvalue weighted by Gasteiger charge is 2.31. The molecule has 0 saturated heterocycles. The fraction of sp³-hybridized carbons (Fsp3) is 0.200. The van der Waals surface area contributed by atoms with E-state index >= 15 is 0 Å². The summed E-state index contributed by atoms with van der Waals surface area (Å²) in [6.07, 6.45) is -4.48. The average Bonchev–Trinajstić information content (AvgIpc) is 2.44. The molecule has 0 fully saturated rings. The number of aliphatic hydroxyl groups is 1. The highest BCUT2D eigenvalue weighted by Crippen LogP contribution is 2.36. The zero-order chi connectivity index (χ0) is 15.5. The molecular formula is C15H14F3NO2. The lowest BCUT2D eigenvalue weighted by Gasteiger charge is -2.13. The van der Waals surface area contributed by atoms with Gasteiger partial charge in [0.25, 0.3) is 0 Å². The lowest BCUT2D eigenvalue weighted by Crippen LogP contribution is -2.07. The molecule has 0 amide bonds. The number of aliphatic hydroxyl groups excluding tert-OH is 1. The lowest BCUT2D eigenvalue weighted by atomic mass is 10.0. The summed E-state index contributed by atoms with van der Waals surface area (Å²) in [5, 5.41) is 8.72. The summed E-state index contributed by atoms with van der Waals surface area (Å²) in [5.74, 6) is 0.0521. The molecule has 0 bridgehead atoms. The Morgan fingerprint density at radius 1 is 1.05 bits per heavy atom. The second-order valence-electron chi connectivity index (χ2n) is 4.44. The molecule has 0 aliphatic rings. The largest absolute Gasteiger partial charge is 0.491 e. The van der Waals surface area contributed by atoms with Crippen molar-refractivity contribution < 1.29 is 23.0 Å². The molecular weight excluding hydrogens is 283 g/mol. The highest BCUT2D eigenvalue weighted by atomic mass is 19.4. The summed E-state index contributed by atoms with van der Waals surface area (Å²) < 4.78 is 43.9. The number of benzene rings is 2. The van der Waals surface area contributed by atoms with E-state index in [1.54, 1.807) is 24.3 Å². The minimum Gasteiger partial charge on any atom is -0.491 e. The third kappa shape index (κ3) is 3.88. The molecule has 0 spiro atoms. The standard InChI is InChI=1S/C15H14F3NO2/c16-15(17,18)12-6-11(8-14(9-12)21-5-4-20)10-2-1-3-13(19)7-10/h1-3,6-9,20H,4-5,19H2. The van der Waals surface area contributed by atoms with E-state index in [0.29, 0.717) is 16.8 Å². The number of anilines is 1. The number of ether oxygens (including phenoxy) is 1. The molecule has 0 aliphatic carbocycles. The van der Waals surface area contributed by atoms with Gasteiger partial charge in [-0.1, -0.05) is 12.1 Å². The van der Waals surface area contributed by atoms with Crippen molar-refractivity contribution in [3.8, 4) is 16.9 Å². The van der Waals surface area contributed by atoms with Crippen molar-refractivity contribution in [2.75, 3.05) is 18.9 Å². The number of halogens is 3. The second-order valence-corrected chi connectivity index (χ2v) is 4.44. The van der Waals surface area contributed by atoms with Gasteiger partial charge in [0, 0.05) is 5.69 Å². The van der Waals surface area contributed by atoms with E-state index in [0.717, 1.165) is 12.1 Å². The molecule has 0 unspecified atom stereocenters. The predicted octanol–water partition coefficient (Wildman–Crippen LogP) is 3.33. The molecule has 0 saturated carbocycles. The van der Waals surface area contributed by atoms with Gasteiger partial charge in [-0.2, -0.15) is 13.2 Å². The number of nitrogen functional groups attached to an aromatic ring is 1. The SMILES string of the molecule is Nc1cccc(-c2cc(OCCO)cc(C(F)(F)F)c2)c1. The van der Waals surface area contributed by atoms with Crippen LogP contribution < -0.4 is 10.5 Å². The molecule has 2 aromatic carbocycles. The van der Waals surface area contributed by atoms with Gasteiger partial charge >= 0.3 is 6.18 Å². The van der Waals surface area contributed by atoms with Crippen LogP contribution in [-0.2, 0) is 6.18 Å². The van der Waals surface area contributed by atoms with Crippen LogP contribution in [0.4, 0.5) is 18.9 Å². The van der Waals surface area contributed by atoms with E-state index < -0.39 is 11.7 Å². The maximum Gasteiger partial charge on any atom is 0.416 e. The van der Waals surface area contributed by atoms with Crippen molar-refractivity contribution in [1.29, 1.82) is 0 Å². The molecule has 3 nitrogen and oxygen atoms in total. The average molecular weight is 297 g/mol. The minimum absolute atomic E-state index is 0.0521. The van der Waals surface area contributed by atoms with Gasteiger partial charge in [0.05, 0.1) is 12.2 Å². The third-order valence-electron chi connectivity index (χ3n) is 2.81. The van der Waals surface area contributed by atoms with Crippen molar-refractivity contribution in [2.24, 2.45) is 0 Å². The summed E-state index contributed by atoms with van der Waals surface area (Å²) in [5.41, 5.74) is 6.22. The summed E-state index contributed by atoms with van der Waals surface area (Å²) in [7, 11) is 0. The van der Waals surface area contributed by atoms with E-state index in [-0.39, 0.29) is 19.0 Å². The van der Waals surface area contributed by atoms with Crippen molar-refractivity contribution in [3.63, 3.8) is 0 Å². The van der Waals surface area contributed by atoms with Crippen molar-refractivity contribution in [1.82, 2.24) is 0 Å². The van der Waals surface area contributed by atoms with Gasteiger partial charge in [-0.15, -0.1) is 0 Å². The highest BCUT2D eigenvalue weighted by molar-refractivity contribution is 5.69. The Bertz CT molecular complexity index is 627. The van der Waals surface area contributed by atoms with Crippen LogP contribution in [0.5, 0.6) is 5.75 Å². The third-order valence-corrected chi connectivity index (χ3v) is 2.81. The van der Waals surface area contributed by atoms with E-state index in [9.17, 15) is 13.2 Å². The second kappa shape index (κ2) is 6.05. The van der Waals surface area contributed by atoms with E-state index in [2.05, 4.69) is 0 Å². The molecule has 0 aliphatic heterocycles. The fourth-order valence-corrected chi connectivity index (χ4v) is 1.89. The molecule has 112 valence electrons. The Hall–Kier alpha value is -2.21. The van der Waals surface area contributed by atoms with E-state index in [1.165, 1.54) is 6.07 Å². The van der Waals surface area contributed by atoms with Crippen LogP contribution in [0.2, 0.25) is 0 Å². The Morgan fingerprint density at radius 3 is 2.43 bits per heavy atom. The fourth-order valence-electron chi connectivity index (χ4n) is 1.89. The van der Waals surface area contributed by atoms with Gasteiger partial charge in [-0.05, 0) is 41.5 Å². The first kappa shape index (κ1) is 15.2. The Kier molecular flexibility index (Phi) is 4.37. The molecule has 0 aromatic heterocycles. The molecule has 2 aromatic rings. The van der Waals surface area contributed by atoms with Gasteiger partial charge < -0.3 is 15.6 Å². The Morgan fingerprint density at radius 2 is 1.81 bits per heavy atom. The summed E-state index contributed by atoms with van der Waals surface area (Å²) in [4.78, 5) is 0. The summed E-state index contributed by atoms with van der Waals surface area (Å²) in [6, 6.07) is 10.0. The number of alkyl halides is 3. The van der Waals surface area contributed by atoms with Crippen LogP contribution >= 0.6 is 0 Å². The van der Waals surface area contributed by atoms with Crippen LogP contribution in [0.15, 0.2) is 42.5 Å². The molecule has 6 heteroatoms. The van der Waals surface area contributed by atoms with Crippen LogP contribution in [0, 0.1) is 0 Å². The van der Waals surface area contributed by atoms with Crippen LogP contribution in [-0.4, -0.2) is 18.3 Å². The van der Waals surface area contributed by atoms with Gasteiger partial charge in [-0.25, -0.2) is 0 Å². The predicted molar refractivity (Wildman–Crippen MR) is 73.9 cm³/mol. The first-order valence-corrected chi connectivity index (χ1v) is 6.22. The minimum atomic E-state index is -4.48.